The number of hydrogen-bond acceptors (Lipinski definition) is 2. The third-order valence-electron chi connectivity index (χ3n) is 22.9. The maximum absolute atomic E-state index is 4.30. The molecule has 0 bridgehead atoms. The molecule has 4 aliphatic carbocycles. The molecule has 0 saturated heterocycles. The lowest BCUT2D eigenvalue weighted by molar-refractivity contribution is 0.121. The third kappa shape index (κ3) is 24.0. The molecule has 0 amide bonds. The Morgan fingerprint density at radius 1 is 0.296 bits per heavy atom. The van der Waals surface area contributed by atoms with E-state index in [1.54, 1.807) is 33.4 Å². The van der Waals surface area contributed by atoms with E-state index in [9.17, 15) is 0 Å². The van der Waals surface area contributed by atoms with Gasteiger partial charge in [0.1, 0.15) is 0 Å². The van der Waals surface area contributed by atoms with Crippen molar-refractivity contribution in [3.05, 3.63) is 307 Å². The van der Waals surface area contributed by atoms with Crippen LogP contribution in [0.5, 0.6) is 0 Å². The second-order valence-corrected chi connectivity index (χ2v) is 39.9. The number of fused-ring (bicyclic) bond motifs is 8. The van der Waals surface area contributed by atoms with E-state index in [0.29, 0.717) is 21.8 Å². The zero-order chi connectivity index (χ0) is 78.6. The number of allylic oxidation sites excluding steroid dienone is 1. The van der Waals surface area contributed by atoms with Crippen LogP contribution in [0, 0.1) is 11.3 Å². The number of hydrogen-bond donors (Lipinski definition) is 0. The highest BCUT2D eigenvalue weighted by atomic mass is 15.2. The van der Waals surface area contributed by atoms with E-state index in [2.05, 4.69) is 394 Å². The smallest absolute Gasteiger partial charge is 0.0661 e. The highest BCUT2D eigenvalue weighted by Gasteiger charge is 2.31. The normalized spacial score (nSPS) is 15.1. The predicted molar refractivity (Wildman–Crippen MR) is 476 cm³/mol. The minimum Gasteiger partial charge on any atom is -0.294 e. The molecular weight excluding hydrogens is 1300 g/mol. The predicted octanol–water partition coefficient (Wildman–Crippen LogP) is 28.7. The summed E-state index contributed by atoms with van der Waals surface area (Å²) in [5.41, 5.74) is 28.9. The van der Waals surface area contributed by atoms with E-state index >= 15 is 0 Å². The standard InChI is InChI=1S/C14H20.2C14H16.C13H19N.C13H18.C13H16.C13H18.C12H15N/c3*1-14(2,3)13-9-8-11-6-4-5-7-12(11)10-13;1-13(2,3)14-9-8-11-6-4-5-7-12(11)10-14;2*1-13(2,3)12-8-7-10-5-4-6-11(10)9-12;1-13(2,3)12-8-10-6-4-5-7-11(10)9-12;1-12(2,3)10-4-5-11-9(8-10)6-7-13-11/h8-10H,4-7H2,1-3H3;2*4-10H,1-3H3;4-7H,8-10H2,1-3H3;7-9H,4-6H2,1-3H3;4-5,7-9H,6H2,1-3H3;4-7,12H,8-9H2,1-3H3;4-5,7-8H,6H2,1-3H3. The molecule has 0 saturated carbocycles. The Kier molecular flexibility index (Phi) is 27.6. The number of aliphatic imine (C=N–C) groups is 1. The molecule has 2 nitrogen and oxygen atoms in total. The van der Waals surface area contributed by atoms with E-state index in [-0.39, 0.29) is 21.7 Å². The molecule has 2 heterocycles. The summed E-state index contributed by atoms with van der Waals surface area (Å²) in [5, 5.41) is 5.31. The molecular formula is C106H138N2. The van der Waals surface area contributed by atoms with Gasteiger partial charge in [-0.2, -0.15) is 0 Å². The van der Waals surface area contributed by atoms with Crippen LogP contribution >= 0.6 is 0 Å². The third-order valence-corrected chi connectivity index (χ3v) is 22.9. The van der Waals surface area contributed by atoms with Gasteiger partial charge in [-0.1, -0.05) is 358 Å². The molecule has 2 aliphatic heterocycles. The van der Waals surface area contributed by atoms with Crippen molar-refractivity contribution in [3.8, 4) is 0 Å². The van der Waals surface area contributed by atoms with Crippen molar-refractivity contribution < 1.29 is 0 Å². The molecule has 16 rings (SSSR count). The molecule has 0 spiro atoms. The zero-order valence-electron chi connectivity index (χ0n) is 71.7. The fraction of sp³-hybridized carbons (Fsp3) is 0.443. The van der Waals surface area contributed by atoms with Crippen molar-refractivity contribution in [1.82, 2.24) is 4.90 Å². The molecule has 0 fully saturated rings. The van der Waals surface area contributed by atoms with Crippen LogP contribution in [-0.4, -0.2) is 23.2 Å². The van der Waals surface area contributed by atoms with Crippen molar-refractivity contribution >= 4 is 39.5 Å². The minimum absolute atomic E-state index is 0.240. The number of benzene rings is 10. The van der Waals surface area contributed by atoms with Gasteiger partial charge in [0, 0.05) is 31.3 Å². The van der Waals surface area contributed by atoms with E-state index in [1.807, 2.05) is 6.21 Å². The molecule has 0 unspecified atom stereocenters. The molecule has 10 aromatic rings. The monoisotopic (exact) mass is 1440 g/mol. The molecule has 0 aromatic heterocycles. The summed E-state index contributed by atoms with van der Waals surface area (Å²) in [6, 6.07) is 75.6. The van der Waals surface area contributed by atoms with Gasteiger partial charge < -0.3 is 0 Å². The Hall–Kier alpha value is -7.91. The van der Waals surface area contributed by atoms with E-state index in [1.165, 1.54) is 153 Å². The first kappa shape index (κ1) is 84.1. The Bertz CT molecular complexity index is 4440. The summed E-state index contributed by atoms with van der Waals surface area (Å²) < 4.78 is 0. The fourth-order valence-electron chi connectivity index (χ4n) is 15.1. The first-order valence-corrected chi connectivity index (χ1v) is 41.2. The lowest BCUT2D eigenvalue weighted by Crippen LogP contribution is -2.44. The largest absolute Gasteiger partial charge is 0.294 e. The Balaban J connectivity index is 0.000000142. The van der Waals surface area contributed by atoms with Crippen molar-refractivity contribution in [3.63, 3.8) is 0 Å². The maximum atomic E-state index is 4.30. The molecule has 6 aliphatic rings. The summed E-state index contributed by atoms with van der Waals surface area (Å²) >= 11 is 0. The summed E-state index contributed by atoms with van der Waals surface area (Å²) in [4.78, 5) is 6.85. The molecule has 108 heavy (non-hydrogen) atoms. The molecule has 10 aromatic carbocycles. The molecule has 572 valence electrons. The van der Waals surface area contributed by atoms with Gasteiger partial charge in [0.05, 0.1) is 5.69 Å². The maximum Gasteiger partial charge on any atom is 0.0661 e. The minimum atomic E-state index is 0.240. The lowest BCUT2D eigenvalue weighted by Gasteiger charge is -2.39. The van der Waals surface area contributed by atoms with E-state index < -0.39 is 0 Å². The van der Waals surface area contributed by atoms with Crippen molar-refractivity contribution in [2.45, 2.75) is 288 Å². The first-order valence-electron chi connectivity index (χ1n) is 41.2. The van der Waals surface area contributed by atoms with Gasteiger partial charge in [0.2, 0.25) is 0 Å². The van der Waals surface area contributed by atoms with Gasteiger partial charge in [-0.05, 0) is 257 Å². The molecule has 0 atom stereocenters. The SMILES string of the molecule is CC(C)(C)C1Cc2ccccc2C1.CC(C)(C)N1CCc2ccccc2C1.CC(C)(C)c1ccc2c(c1)CC=C2.CC(C)(C)c1ccc2c(c1)CC=N2.CC(C)(C)c1ccc2c(c1)CCC2.CC(C)(C)c1ccc2c(c1)CCCC2.CC(C)(C)c1ccc2ccccc2c1.CC(C)(C)c1ccc2ccccc2c1. The van der Waals surface area contributed by atoms with Crippen LogP contribution in [0.1, 0.15) is 280 Å². The second kappa shape index (κ2) is 35.4. The zero-order valence-corrected chi connectivity index (χ0v) is 71.7. The fourth-order valence-corrected chi connectivity index (χ4v) is 15.1. The number of rotatable bonds is 0. The average Bonchev–Trinajstić information content (AvgIpc) is 1.50. The summed E-state index contributed by atoms with van der Waals surface area (Å²) in [6.07, 6.45) is 21.6. The van der Waals surface area contributed by atoms with E-state index in [0.717, 1.165) is 31.0 Å². The van der Waals surface area contributed by atoms with Crippen molar-refractivity contribution in [2.24, 2.45) is 16.3 Å². The Labute approximate surface area is 657 Å². The highest BCUT2D eigenvalue weighted by Crippen LogP contribution is 2.39. The summed E-state index contributed by atoms with van der Waals surface area (Å²) in [7, 11) is 0. The quantitative estimate of drug-likeness (QED) is 0.148. The van der Waals surface area contributed by atoms with Crippen LogP contribution in [0.3, 0.4) is 0 Å². The average molecular weight is 1440 g/mol. The summed E-state index contributed by atoms with van der Waals surface area (Å²) in [5.74, 6) is 0.838. The van der Waals surface area contributed by atoms with Gasteiger partial charge in [0.25, 0.3) is 0 Å². The van der Waals surface area contributed by atoms with Crippen molar-refractivity contribution in [1.29, 1.82) is 0 Å². The van der Waals surface area contributed by atoms with Crippen LogP contribution < -0.4 is 0 Å². The van der Waals surface area contributed by atoms with Gasteiger partial charge in [-0.25, -0.2) is 0 Å². The molecule has 0 radical (unpaired) electrons. The van der Waals surface area contributed by atoms with Crippen LogP contribution in [0.25, 0.3) is 27.6 Å². The second-order valence-electron chi connectivity index (χ2n) is 39.9. The van der Waals surface area contributed by atoms with E-state index in [4.69, 9.17) is 0 Å². The molecule has 0 N–H and O–H groups in total. The van der Waals surface area contributed by atoms with Crippen LogP contribution in [0.4, 0.5) is 5.69 Å². The molecule has 2 heteroatoms. The lowest BCUT2D eigenvalue weighted by atomic mass is 9.79. The Morgan fingerprint density at radius 2 is 0.657 bits per heavy atom. The highest BCUT2D eigenvalue weighted by molar-refractivity contribution is 5.84. The first-order chi connectivity index (χ1) is 50.6. The van der Waals surface area contributed by atoms with Crippen LogP contribution in [0.15, 0.2) is 217 Å². The van der Waals surface area contributed by atoms with Gasteiger partial charge >= 0.3 is 0 Å². The Morgan fingerprint density at radius 3 is 1.12 bits per heavy atom. The van der Waals surface area contributed by atoms with Gasteiger partial charge in [-0.15, -0.1) is 0 Å². The van der Waals surface area contributed by atoms with Crippen LogP contribution in [0.2, 0.25) is 0 Å². The topological polar surface area (TPSA) is 15.6 Å². The van der Waals surface area contributed by atoms with Gasteiger partial charge in [0.15, 0.2) is 0 Å². The van der Waals surface area contributed by atoms with Gasteiger partial charge in [-0.3, -0.25) is 9.89 Å². The number of nitrogens with zero attached hydrogens (tertiary/aromatic N) is 2. The number of aryl methyl sites for hydroxylation is 4. The van der Waals surface area contributed by atoms with Crippen molar-refractivity contribution in [2.75, 3.05) is 6.54 Å². The summed E-state index contributed by atoms with van der Waals surface area (Å²) in [6.45, 7) is 56.9. The van der Waals surface area contributed by atoms with Crippen LogP contribution in [-0.2, 0) is 96.8 Å².